The molecular formula is C23H21Cl2N5OS2. The minimum atomic E-state index is -0.165. The maximum absolute atomic E-state index is 12.2. The number of benzene rings is 2. The Labute approximate surface area is 210 Å². The zero-order valence-corrected chi connectivity index (χ0v) is 21.1. The lowest BCUT2D eigenvalue weighted by atomic mass is 10.1. The zero-order valence-electron chi connectivity index (χ0n) is 18.0. The predicted octanol–water partition coefficient (Wildman–Crippen LogP) is 6.05. The SMILES string of the molecule is CC(C)NC(=O)c1csc(CSc2nnc(Cc3ccccc3)n2-c2ccc(Cl)c(Cl)c2)n1. The van der Waals surface area contributed by atoms with E-state index in [0.29, 0.717) is 33.1 Å². The first-order chi connectivity index (χ1) is 15.9. The lowest BCUT2D eigenvalue weighted by molar-refractivity contribution is 0.0938. The quantitative estimate of drug-likeness (QED) is 0.288. The molecule has 0 atom stereocenters. The molecule has 0 unspecified atom stereocenters. The molecule has 1 N–H and O–H groups in total. The molecule has 0 spiro atoms. The van der Waals surface area contributed by atoms with Crippen molar-refractivity contribution in [2.75, 3.05) is 0 Å². The highest BCUT2D eigenvalue weighted by Crippen LogP contribution is 2.30. The first-order valence-electron chi connectivity index (χ1n) is 10.2. The van der Waals surface area contributed by atoms with Gasteiger partial charge in [0.15, 0.2) is 5.16 Å². The second-order valence-electron chi connectivity index (χ2n) is 7.54. The van der Waals surface area contributed by atoms with Gasteiger partial charge in [-0.05, 0) is 37.6 Å². The summed E-state index contributed by atoms with van der Waals surface area (Å²) in [4.78, 5) is 16.7. The fourth-order valence-corrected chi connectivity index (χ4v) is 5.17. The van der Waals surface area contributed by atoms with Gasteiger partial charge in [0.25, 0.3) is 5.91 Å². The van der Waals surface area contributed by atoms with Crippen molar-refractivity contribution in [2.45, 2.75) is 37.2 Å². The van der Waals surface area contributed by atoms with Crippen molar-refractivity contribution < 1.29 is 4.79 Å². The van der Waals surface area contributed by atoms with Crippen LogP contribution in [-0.4, -0.2) is 31.7 Å². The number of carbonyl (C=O) groups excluding carboxylic acids is 1. The van der Waals surface area contributed by atoms with Crippen LogP contribution in [0.25, 0.3) is 5.69 Å². The van der Waals surface area contributed by atoms with Crippen LogP contribution in [0.5, 0.6) is 0 Å². The maximum Gasteiger partial charge on any atom is 0.270 e. The van der Waals surface area contributed by atoms with Gasteiger partial charge in [-0.1, -0.05) is 65.3 Å². The normalized spacial score (nSPS) is 11.2. The summed E-state index contributed by atoms with van der Waals surface area (Å²) in [5.41, 5.74) is 2.39. The summed E-state index contributed by atoms with van der Waals surface area (Å²) >= 11 is 15.4. The number of rotatable bonds is 8. The number of thioether (sulfide) groups is 1. The zero-order chi connectivity index (χ0) is 23.4. The van der Waals surface area contributed by atoms with E-state index in [0.717, 1.165) is 22.1 Å². The molecule has 0 aliphatic rings. The number of nitrogens with one attached hydrogen (secondary N) is 1. The number of hydrogen-bond donors (Lipinski definition) is 1. The number of thiazole rings is 1. The minimum absolute atomic E-state index is 0.0600. The third kappa shape index (κ3) is 5.95. The van der Waals surface area contributed by atoms with Crippen LogP contribution in [0, 0.1) is 0 Å². The second-order valence-corrected chi connectivity index (χ2v) is 10.2. The fourth-order valence-electron chi connectivity index (χ4n) is 3.11. The van der Waals surface area contributed by atoms with Crippen molar-refractivity contribution in [1.29, 1.82) is 0 Å². The van der Waals surface area contributed by atoms with Gasteiger partial charge in [0.2, 0.25) is 0 Å². The van der Waals surface area contributed by atoms with Gasteiger partial charge in [0.05, 0.1) is 21.5 Å². The average Bonchev–Trinajstić information content (AvgIpc) is 3.42. The fraction of sp³-hybridized carbons (Fsp3) is 0.217. The van der Waals surface area contributed by atoms with Gasteiger partial charge in [0.1, 0.15) is 16.5 Å². The summed E-state index contributed by atoms with van der Waals surface area (Å²) in [6, 6.07) is 15.6. The Morgan fingerprint density at radius 1 is 1.12 bits per heavy atom. The summed E-state index contributed by atoms with van der Waals surface area (Å²) in [6.07, 6.45) is 0.616. The first-order valence-corrected chi connectivity index (χ1v) is 12.8. The topological polar surface area (TPSA) is 72.7 Å². The summed E-state index contributed by atoms with van der Waals surface area (Å²) in [5.74, 6) is 1.18. The van der Waals surface area contributed by atoms with Crippen LogP contribution in [-0.2, 0) is 12.2 Å². The number of aromatic nitrogens is 4. The van der Waals surface area contributed by atoms with Crippen LogP contribution in [0.4, 0.5) is 0 Å². The lowest BCUT2D eigenvalue weighted by Crippen LogP contribution is -2.30. The molecule has 170 valence electrons. The van der Waals surface area contributed by atoms with E-state index in [-0.39, 0.29) is 11.9 Å². The van der Waals surface area contributed by atoms with E-state index in [1.165, 1.54) is 23.1 Å². The number of amides is 1. The number of halogens is 2. The number of nitrogens with zero attached hydrogens (tertiary/aromatic N) is 4. The van der Waals surface area contributed by atoms with E-state index in [1.54, 1.807) is 11.4 Å². The smallest absolute Gasteiger partial charge is 0.270 e. The largest absolute Gasteiger partial charge is 0.349 e. The molecule has 0 fully saturated rings. The number of hydrogen-bond acceptors (Lipinski definition) is 6. The highest BCUT2D eigenvalue weighted by Gasteiger charge is 2.18. The summed E-state index contributed by atoms with van der Waals surface area (Å²) in [5, 5.41) is 16.0. The van der Waals surface area contributed by atoms with E-state index < -0.39 is 0 Å². The summed E-state index contributed by atoms with van der Waals surface area (Å²) in [7, 11) is 0. The average molecular weight is 518 g/mol. The Balaban J connectivity index is 1.59. The Morgan fingerprint density at radius 2 is 1.91 bits per heavy atom. The van der Waals surface area contributed by atoms with E-state index in [4.69, 9.17) is 23.2 Å². The monoisotopic (exact) mass is 517 g/mol. The standard InChI is InChI=1S/C23H21Cl2N5OS2/c1-14(2)26-22(31)19-12-32-21(27-19)13-33-23-29-28-20(10-15-6-4-3-5-7-15)30(23)16-8-9-17(24)18(25)11-16/h3-9,11-12,14H,10,13H2,1-2H3,(H,26,31). The minimum Gasteiger partial charge on any atom is -0.349 e. The van der Waals surface area contributed by atoms with Gasteiger partial charge in [-0.15, -0.1) is 21.5 Å². The highest BCUT2D eigenvalue weighted by molar-refractivity contribution is 7.98. The Bertz CT molecular complexity index is 1260. The van der Waals surface area contributed by atoms with Crippen molar-refractivity contribution in [3.05, 3.63) is 86.0 Å². The Kier molecular flexibility index (Phi) is 7.70. The molecule has 0 aliphatic heterocycles. The van der Waals surface area contributed by atoms with E-state index >= 15 is 0 Å². The summed E-state index contributed by atoms with van der Waals surface area (Å²) < 4.78 is 1.99. The molecule has 6 nitrogen and oxygen atoms in total. The molecule has 10 heteroatoms. The second kappa shape index (κ2) is 10.7. The van der Waals surface area contributed by atoms with Crippen LogP contribution >= 0.6 is 46.3 Å². The van der Waals surface area contributed by atoms with E-state index in [1.807, 2.05) is 48.7 Å². The van der Waals surface area contributed by atoms with Crippen LogP contribution in [0.2, 0.25) is 10.0 Å². The predicted molar refractivity (Wildman–Crippen MR) is 135 cm³/mol. The molecule has 2 aromatic carbocycles. The lowest BCUT2D eigenvalue weighted by Gasteiger charge is -2.11. The van der Waals surface area contributed by atoms with E-state index in [2.05, 4.69) is 32.6 Å². The summed E-state index contributed by atoms with van der Waals surface area (Å²) in [6.45, 7) is 3.84. The maximum atomic E-state index is 12.2. The molecule has 1 amide bonds. The van der Waals surface area contributed by atoms with Crippen LogP contribution in [0.3, 0.4) is 0 Å². The van der Waals surface area contributed by atoms with E-state index in [9.17, 15) is 4.79 Å². The van der Waals surface area contributed by atoms with Crippen LogP contribution < -0.4 is 5.32 Å². The van der Waals surface area contributed by atoms with Gasteiger partial charge in [-0.2, -0.15) is 0 Å². The van der Waals surface area contributed by atoms with Gasteiger partial charge < -0.3 is 5.32 Å². The van der Waals surface area contributed by atoms with Crippen molar-refractivity contribution in [1.82, 2.24) is 25.1 Å². The van der Waals surface area contributed by atoms with Crippen molar-refractivity contribution in [2.24, 2.45) is 0 Å². The molecule has 0 bridgehead atoms. The van der Waals surface area contributed by atoms with Crippen LogP contribution in [0.15, 0.2) is 59.1 Å². The highest BCUT2D eigenvalue weighted by atomic mass is 35.5. The van der Waals surface area contributed by atoms with Crippen LogP contribution in [0.1, 0.15) is 40.7 Å². The molecule has 2 heterocycles. The molecule has 0 radical (unpaired) electrons. The van der Waals surface area contributed by atoms with Gasteiger partial charge in [0, 0.05) is 17.8 Å². The molecule has 2 aromatic heterocycles. The van der Waals surface area contributed by atoms with Gasteiger partial charge >= 0.3 is 0 Å². The van der Waals surface area contributed by atoms with Gasteiger partial charge in [-0.3, -0.25) is 9.36 Å². The third-order valence-corrected chi connectivity index (χ3v) is 7.31. The Hall–Kier alpha value is -2.39. The van der Waals surface area contributed by atoms with Gasteiger partial charge in [-0.25, -0.2) is 4.98 Å². The Morgan fingerprint density at radius 3 is 2.64 bits per heavy atom. The first kappa shape index (κ1) is 23.8. The van der Waals surface area contributed by atoms with Crippen molar-refractivity contribution in [3.63, 3.8) is 0 Å². The molecular weight excluding hydrogens is 497 g/mol. The van der Waals surface area contributed by atoms with Crippen molar-refractivity contribution in [3.8, 4) is 5.69 Å². The molecule has 0 aliphatic carbocycles. The molecule has 0 saturated carbocycles. The van der Waals surface area contributed by atoms with Crippen molar-refractivity contribution >= 4 is 52.2 Å². The number of carbonyl (C=O) groups is 1. The molecule has 4 rings (SSSR count). The molecule has 0 saturated heterocycles. The molecule has 4 aromatic rings. The third-order valence-electron chi connectivity index (χ3n) is 4.60. The molecule has 33 heavy (non-hydrogen) atoms.